The van der Waals surface area contributed by atoms with Gasteiger partial charge in [-0.05, 0) is 43.0 Å². The molecule has 0 N–H and O–H groups in total. The minimum absolute atomic E-state index is 0.233. The fourth-order valence-electron chi connectivity index (χ4n) is 4.33. The van der Waals surface area contributed by atoms with Crippen molar-refractivity contribution in [2.75, 3.05) is 18.1 Å². The van der Waals surface area contributed by atoms with Crippen molar-refractivity contribution in [2.24, 2.45) is 5.92 Å². The summed E-state index contributed by atoms with van der Waals surface area (Å²) in [6.45, 7) is 6.71. The number of esters is 1. The van der Waals surface area contributed by atoms with E-state index in [4.69, 9.17) is 9.72 Å². The quantitative estimate of drug-likeness (QED) is 0.417. The van der Waals surface area contributed by atoms with Crippen LogP contribution in [0.25, 0.3) is 11.0 Å². The smallest absolute Gasteiger partial charge is 0.321 e. The highest BCUT2D eigenvalue weighted by Gasteiger charge is 2.47. The summed E-state index contributed by atoms with van der Waals surface area (Å²) in [5.74, 6) is -1.07. The maximum absolute atomic E-state index is 13.7. The van der Waals surface area contributed by atoms with Crippen LogP contribution in [0.1, 0.15) is 50.8 Å². The van der Waals surface area contributed by atoms with E-state index in [-0.39, 0.29) is 12.5 Å². The Bertz CT molecular complexity index is 1090. The van der Waals surface area contributed by atoms with Crippen molar-refractivity contribution in [3.05, 3.63) is 59.7 Å². The van der Waals surface area contributed by atoms with E-state index in [0.29, 0.717) is 12.5 Å². The molecular formula is C25H29N3O3. The van der Waals surface area contributed by atoms with Gasteiger partial charge in [0.1, 0.15) is 0 Å². The van der Waals surface area contributed by atoms with Crippen molar-refractivity contribution in [1.29, 1.82) is 0 Å². The van der Waals surface area contributed by atoms with Crippen LogP contribution in [0.4, 0.5) is 5.95 Å². The van der Waals surface area contributed by atoms with Gasteiger partial charge in [-0.15, -0.1) is 0 Å². The molecule has 31 heavy (non-hydrogen) atoms. The summed E-state index contributed by atoms with van der Waals surface area (Å²) < 4.78 is 7.44. The lowest BCUT2D eigenvalue weighted by Gasteiger charge is -2.38. The highest BCUT2D eigenvalue weighted by Crippen LogP contribution is 2.41. The number of ether oxygens (including phenoxy) is 1. The highest BCUT2D eigenvalue weighted by molar-refractivity contribution is 6.08. The SMILES string of the molecule is CCCCN1C(=O)[C@@H](C(=O)OCC)[C@H](c2ccc(CC)cc2)n2c1nc1ccccc12. The van der Waals surface area contributed by atoms with E-state index in [1.807, 2.05) is 36.4 Å². The topological polar surface area (TPSA) is 64.4 Å². The summed E-state index contributed by atoms with van der Waals surface area (Å²) in [6.07, 6.45) is 2.70. The van der Waals surface area contributed by atoms with Gasteiger partial charge in [-0.3, -0.25) is 14.5 Å². The molecule has 0 saturated carbocycles. The second-order valence-electron chi connectivity index (χ2n) is 7.88. The summed E-state index contributed by atoms with van der Waals surface area (Å²) in [7, 11) is 0. The number of hydrogen-bond donors (Lipinski definition) is 0. The fraction of sp³-hybridized carbons (Fsp3) is 0.400. The van der Waals surface area contributed by atoms with Gasteiger partial charge in [0.25, 0.3) is 0 Å². The standard InChI is InChI=1S/C25H29N3O3/c1-4-7-16-27-23(29)21(24(30)31-6-3)22(18-14-12-17(5-2)13-15-18)28-20-11-9-8-10-19(20)26-25(27)28/h8-15,21-22H,4-7,16H2,1-3H3/t21-,22-/m0/s1. The molecule has 0 fully saturated rings. The Morgan fingerprint density at radius 2 is 1.81 bits per heavy atom. The first-order chi connectivity index (χ1) is 15.1. The highest BCUT2D eigenvalue weighted by atomic mass is 16.5. The summed E-state index contributed by atoms with van der Waals surface area (Å²) >= 11 is 0. The fourth-order valence-corrected chi connectivity index (χ4v) is 4.33. The third-order valence-electron chi connectivity index (χ3n) is 5.95. The number of unbranched alkanes of at least 4 members (excludes halogenated alkanes) is 1. The first kappa shape index (κ1) is 21.1. The van der Waals surface area contributed by atoms with Crippen LogP contribution >= 0.6 is 0 Å². The minimum Gasteiger partial charge on any atom is -0.465 e. The molecule has 6 nitrogen and oxygen atoms in total. The van der Waals surface area contributed by atoms with Crippen LogP contribution in [0.3, 0.4) is 0 Å². The summed E-state index contributed by atoms with van der Waals surface area (Å²) in [5.41, 5.74) is 3.83. The van der Waals surface area contributed by atoms with Gasteiger partial charge >= 0.3 is 5.97 Å². The number of hydrogen-bond acceptors (Lipinski definition) is 4. The molecule has 1 aliphatic rings. The first-order valence-corrected chi connectivity index (χ1v) is 11.1. The number of aromatic nitrogens is 2. The Hall–Kier alpha value is -3.15. The van der Waals surface area contributed by atoms with Gasteiger partial charge < -0.3 is 9.30 Å². The number of imidazole rings is 1. The predicted octanol–water partition coefficient (Wildman–Crippen LogP) is 4.51. The Balaban J connectivity index is 1.95. The molecule has 0 saturated heterocycles. The third kappa shape index (κ3) is 3.71. The summed E-state index contributed by atoms with van der Waals surface area (Å²) in [6, 6.07) is 15.5. The van der Waals surface area contributed by atoms with Gasteiger partial charge in [0.2, 0.25) is 11.9 Å². The van der Waals surface area contributed by atoms with Gasteiger partial charge in [-0.1, -0.05) is 56.7 Å². The number of benzene rings is 2. The lowest BCUT2D eigenvalue weighted by molar-refractivity contribution is -0.153. The summed E-state index contributed by atoms with van der Waals surface area (Å²) in [5, 5.41) is 0. The second-order valence-corrected chi connectivity index (χ2v) is 7.88. The minimum atomic E-state index is -0.950. The second kappa shape index (κ2) is 8.92. The number of nitrogens with zero attached hydrogens (tertiary/aromatic N) is 3. The maximum Gasteiger partial charge on any atom is 0.321 e. The Morgan fingerprint density at radius 1 is 1.06 bits per heavy atom. The molecule has 2 aromatic carbocycles. The average molecular weight is 420 g/mol. The van der Waals surface area contributed by atoms with Gasteiger partial charge in [-0.25, -0.2) is 4.98 Å². The van der Waals surface area contributed by atoms with Gasteiger partial charge in [-0.2, -0.15) is 0 Å². The number of para-hydroxylation sites is 2. The van der Waals surface area contributed by atoms with Gasteiger partial charge in [0.05, 0.1) is 23.7 Å². The van der Waals surface area contributed by atoms with E-state index >= 15 is 0 Å². The lowest BCUT2D eigenvalue weighted by Crippen LogP contribution is -2.50. The largest absolute Gasteiger partial charge is 0.465 e. The van der Waals surface area contributed by atoms with Crippen LogP contribution in [-0.4, -0.2) is 34.6 Å². The van der Waals surface area contributed by atoms with Crippen molar-refractivity contribution in [3.8, 4) is 0 Å². The van der Waals surface area contributed by atoms with E-state index in [1.165, 1.54) is 5.56 Å². The molecule has 1 amide bonds. The molecule has 4 rings (SSSR count). The maximum atomic E-state index is 13.7. The third-order valence-corrected chi connectivity index (χ3v) is 5.95. The number of anilines is 1. The first-order valence-electron chi connectivity index (χ1n) is 11.1. The van der Waals surface area contributed by atoms with Crippen LogP contribution < -0.4 is 4.90 Å². The Morgan fingerprint density at radius 3 is 2.48 bits per heavy atom. The molecule has 0 aliphatic carbocycles. The molecule has 0 spiro atoms. The lowest BCUT2D eigenvalue weighted by atomic mass is 9.88. The molecule has 0 unspecified atom stereocenters. The number of amides is 1. The number of fused-ring (bicyclic) bond motifs is 3. The molecular weight excluding hydrogens is 390 g/mol. The Labute approximate surface area is 182 Å². The molecule has 2 heterocycles. The van der Waals surface area contributed by atoms with E-state index in [2.05, 4.69) is 30.5 Å². The summed E-state index contributed by atoms with van der Waals surface area (Å²) in [4.78, 5) is 33.2. The average Bonchev–Trinajstić information content (AvgIpc) is 3.17. The van der Waals surface area contributed by atoms with Crippen molar-refractivity contribution < 1.29 is 14.3 Å². The van der Waals surface area contributed by atoms with E-state index < -0.39 is 17.9 Å². The van der Waals surface area contributed by atoms with Crippen LogP contribution in [0.5, 0.6) is 0 Å². The van der Waals surface area contributed by atoms with E-state index in [9.17, 15) is 9.59 Å². The van der Waals surface area contributed by atoms with Gasteiger partial charge in [0.15, 0.2) is 5.92 Å². The zero-order valence-corrected chi connectivity index (χ0v) is 18.4. The van der Waals surface area contributed by atoms with Crippen LogP contribution in [0.2, 0.25) is 0 Å². The predicted molar refractivity (Wildman–Crippen MR) is 121 cm³/mol. The number of carbonyl (C=O) groups excluding carboxylic acids is 2. The van der Waals surface area contributed by atoms with Crippen LogP contribution in [-0.2, 0) is 20.7 Å². The molecule has 2 atom stereocenters. The van der Waals surface area contributed by atoms with Crippen molar-refractivity contribution in [1.82, 2.24) is 9.55 Å². The van der Waals surface area contributed by atoms with Crippen molar-refractivity contribution in [2.45, 2.75) is 46.1 Å². The zero-order chi connectivity index (χ0) is 22.0. The monoisotopic (exact) mass is 419 g/mol. The van der Waals surface area contributed by atoms with E-state index in [0.717, 1.165) is 35.9 Å². The van der Waals surface area contributed by atoms with E-state index in [1.54, 1.807) is 11.8 Å². The Kier molecular flexibility index (Phi) is 6.07. The van der Waals surface area contributed by atoms with Gasteiger partial charge in [0, 0.05) is 6.54 Å². The number of rotatable bonds is 7. The molecule has 162 valence electrons. The zero-order valence-electron chi connectivity index (χ0n) is 18.4. The van der Waals surface area contributed by atoms with Crippen molar-refractivity contribution in [3.63, 3.8) is 0 Å². The molecule has 0 bridgehead atoms. The normalized spacial score (nSPS) is 18.3. The van der Waals surface area contributed by atoms with Crippen molar-refractivity contribution >= 4 is 28.9 Å². The molecule has 0 radical (unpaired) electrons. The number of aryl methyl sites for hydroxylation is 1. The van der Waals surface area contributed by atoms with Crippen LogP contribution in [0, 0.1) is 5.92 Å². The molecule has 3 aromatic rings. The number of carbonyl (C=O) groups is 2. The molecule has 6 heteroatoms. The molecule has 1 aromatic heterocycles. The molecule has 1 aliphatic heterocycles. The van der Waals surface area contributed by atoms with Crippen LogP contribution in [0.15, 0.2) is 48.5 Å².